The van der Waals surface area contributed by atoms with Crippen molar-refractivity contribution in [3.05, 3.63) is 29.8 Å². The standard InChI is InChI=1S/C15H25N3O2/c1-5-16-15(18-11(2)3)17-10-14(19)12-7-6-8-13(9-12)20-4/h6-9,11,14,19H,5,10H2,1-4H3,(H2,16,17,18). The molecule has 5 nitrogen and oxygen atoms in total. The average molecular weight is 279 g/mol. The van der Waals surface area contributed by atoms with Gasteiger partial charge in [0.2, 0.25) is 0 Å². The zero-order valence-corrected chi connectivity index (χ0v) is 12.7. The van der Waals surface area contributed by atoms with E-state index >= 15 is 0 Å². The van der Waals surface area contributed by atoms with Crippen molar-refractivity contribution in [2.45, 2.75) is 32.9 Å². The third kappa shape index (κ3) is 5.48. The zero-order valence-electron chi connectivity index (χ0n) is 12.7. The highest BCUT2D eigenvalue weighted by molar-refractivity contribution is 5.80. The van der Waals surface area contributed by atoms with Gasteiger partial charge < -0.3 is 20.5 Å². The predicted octanol–water partition coefficient (Wildman–Crippen LogP) is 1.69. The van der Waals surface area contributed by atoms with Crippen LogP contribution in [0.2, 0.25) is 0 Å². The third-order valence-electron chi connectivity index (χ3n) is 2.67. The molecule has 0 aliphatic heterocycles. The number of aliphatic hydroxyl groups excluding tert-OH is 1. The lowest BCUT2D eigenvalue weighted by molar-refractivity contribution is 0.186. The molecule has 0 aliphatic carbocycles. The number of nitrogens with one attached hydrogen (secondary N) is 2. The lowest BCUT2D eigenvalue weighted by Gasteiger charge is -2.15. The maximum Gasteiger partial charge on any atom is 0.191 e. The molecule has 0 aliphatic rings. The minimum atomic E-state index is -0.646. The Morgan fingerprint density at radius 1 is 1.40 bits per heavy atom. The van der Waals surface area contributed by atoms with Gasteiger partial charge in [0, 0.05) is 12.6 Å². The van der Waals surface area contributed by atoms with E-state index in [0.717, 1.165) is 17.9 Å². The molecule has 5 heteroatoms. The largest absolute Gasteiger partial charge is 0.497 e. The smallest absolute Gasteiger partial charge is 0.191 e. The van der Waals surface area contributed by atoms with Gasteiger partial charge in [-0.05, 0) is 38.5 Å². The van der Waals surface area contributed by atoms with Crippen LogP contribution in [-0.4, -0.2) is 37.3 Å². The molecule has 0 radical (unpaired) electrons. The van der Waals surface area contributed by atoms with E-state index in [4.69, 9.17) is 4.74 Å². The van der Waals surface area contributed by atoms with E-state index in [1.54, 1.807) is 7.11 Å². The van der Waals surface area contributed by atoms with Crippen LogP contribution in [0.3, 0.4) is 0 Å². The van der Waals surface area contributed by atoms with Crippen molar-refractivity contribution in [1.82, 2.24) is 10.6 Å². The SMILES string of the molecule is CCNC(=NCC(O)c1cccc(OC)c1)NC(C)C. The zero-order chi connectivity index (χ0) is 15.0. The van der Waals surface area contributed by atoms with E-state index in [2.05, 4.69) is 15.6 Å². The fourth-order valence-electron chi connectivity index (χ4n) is 1.73. The van der Waals surface area contributed by atoms with Crippen LogP contribution < -0.4 is 15.4 Å². The van der Waals surface area contributed by atoms with E-state index in [1.165, 1.54) is 0 Å². The Morgan fingerprint density at radius 2 is 2.15 bits per heavy atom. The van der Waals surface area contributed by atoms with Gasteiger partial charge in [-0.2, -0.15) is 0 Å². The highest BCUT2D eigenvalue weighted by atomic mass is 16.5. The summed E-state index contributed by atoms with van der Waals surface area (Å²) < 4.78 is 5.15. The molecule has 0 saturated carbocycles. The molecule has 1 aromatic carbocycles. The molecule has 1 atom stereocenters. The number of guanidine groups is 1. The van der Waals surface area contributed by atoms with Crippen molar-refractivity contribution in [2.24, 2.45) is 4.99 Å². The van der Waals surface area contributed by atoms with Gasteiger partial charge in [-0.25, -0.2) is 0 Å². The molecule has 0 fully saturated rings. The highest BCUT2D eigenvalue weighted by Gasteiger charge is 2.08. The van der Waals surface area contributed by atoms with Gasteiger partial charge in [-0.1, -0.05) is 12.1 Å². The summed E-state index contributed by atoms with van der Waals surface area (Å²) in [6, 6.07) is 7.69. The molecule has 1 unspecified atom stereocenters. The van der Waals surface area contributed by atoms with Gasteiger partial charge in [0.05, 0.1) is 19.8 Å². The number of aliphatic hydroxyl groups is 1. The summed E-state index contributed by atoms with van der Waals surface area (Å²) >= 11 is 0. The monoisotopic (exact) mass is 279 g/mol. The summed E-state index contributed by atoms with van der Waals surface area (Å²) in [4.78, 5) is 4.39. The molecule has 0 bridgehead atoms. The van der Waals surface area contributed by atoms with Crippen LogP contribution in [0.25, 0.3) is 0 Å². The fraction of sp³-hybridized carbons (Fsp3) is 0.533. The number of ether oxygens (including phenoxy) is 1. The number of benzene rings is 1. The first-order valence-electron chi connectivity index (χ1n) is 6.93. The number of hydrogen-bond acceptors (Lipinski definition) is 3. The van der Waals surface area contributed by atoms with Crippen molar-refractivity contribution in [1.29, 1.82) is 0 Å². The second kappa shape index (κ2) is 8.43. The van der Waals surface area contributed by atoms with Crippen molar-refractivity contribution >= 4 is 5.96 Å². The molecule has 1 aromatic rings. The predicted molar refractivity (Wildman–Crippen MR) is 82.2 cm³/mol. The van der Waals surface area contributed by atoms with E-state index < -0.39 is 6.10 Å². The first kappa shape index (κ1) is 16.3. The topological polar surface area (TPSA) is 65.9 Å². The number of hydrogen-bond donors (Lipinski definition) is 3. The second-order valence-electron chi connectivity index (χ2n) is 4.81. The lowest BCUT2D eigenvalue weighted by Crippen LogP contribution is -2.41. The molecule has 0 spiro atoms. The number of rotatable bonds is 6. The van der Waals surface area contributed by atoms with Gasteiger partial charge in [0.1, 0.15) is 5.75 Å². The Balaban J connectivity index is 2.69. The lowest BCUT2D eigenvalue weighted by atomic mass is 10.1. The average Bonchev–Trinajstić information content (AvgIpc) is 2.44. The van der Waals surface area contributed by atoms with Crippen molar-refractivity contribution in [2.75, 3.05) is 20.2 Å². The molecule has 0 aromatic heterocycles. The molecular formula is C15H25N3O2. The molecule has 112 valence electrons. The summed E-state index contributed by atoms with van der Waals surface area (Å²) in [6.07, 6.45) is -0.646. The maximum absolute atomic E-state index is 10.2. The maximum atomic E-state index is 10.2. The highest BCUT2D eigenvalue weighted by Crippen LogP contribution is 2.19. The van der Waals surface area contributed by atoms with Crippen LogP contribution in [0.5, 0.6) is 5.75 Å². The molecule has 0 amide bonds. The number of aliphatic imine (C=N–C) groups is 1. The Kier molecular flexibility index (Phi) is 6.87. The Bertz CT molecular complexity index is 433. The first-order chi connectivity index (χ1) is 9.56. The van der Waals surface area contributed by atoms with E-state index in [9.17, 15) is 5.11 Å². The van der Waals surface area contributed by atoms with Crippen LogP contribution in [0, 0.1) is 0 Å². The fourth-order valence-corrected chi connectivity index (χ4v) is 1.73. The van der Waals surface area contributed by atoms with Gasteiger partial charge >= 0.3 is 0 Å². The van der Waals surface area contributed by atoms with Gasteiger partial charge in [-0.15, -0.1) is 0 Å². The van der Waals surface area contributed by atoms with Crippen LogP contribution in [-0.2, 0) is 0 Å². The van der Waals surface area contributed by atoms with E-state index in [0.29, 0.717) is 18.5 Å². The van der Waals surface area contributed by atoms with Gasteiger partial charge in [0.25, 0.3) is 0 Å². The molecule has 20 heavy (non-hydrogen) atoms. The van der Waals surface area contributed by atoms with Crippen LogP contribution in [0.4, 0.5) is 0 Å². The normalized spacial score (nSPS) is 13.2. The minimum Gasteiger partial charge on any atom is -0.497 e. The van der Waals surface area contributed by atoms with E-state index in [1.807, 2.05) is 45.0 Å². The van der Waals surface area contributed by atoms with Crippen LogP contribution >= 0.6 is 0 Å². The Hall–Kier alpha value is -1.75. The molecule has 1 rings (SSSR count). The third-order valence-corrected chi connectivity index (χ3v) is 2.67. The quantitative estimate of drug-likeness (QED) is 0.548. The molecule has 0 heterocycles. The molecule has 3 N–H and O–H groups in total. The van der Waals surface area contributed by atoms with Gasteiger partial charge in [-0.3, -0.25) is 4.99 Å². The minimum absolute atomic E-state index is 0.293. The van der Waals surface area contributed by atoms with Crippen LogP contribution in [0.1, 0.15) is 32.4 Å². The summed E-state index contributed by atoms with van der Waals surface area (Å²) in [5.41, 5.74) is 0.800. The Labute approximate surface area is 121 Å². The summed E-state index contributed by atoms with van der Waals surface area (Å²) in [6.45, 7) is 7.19. The van der Waals surface area contributed by atoms with Crippen molar-refractivity contribution in [3.8, 4) is 5.75 Å². The van der Waals surface area contributed by atoms with E-state index in [-0.39, 0.29) is 0 Å². The van der Waals surface area contributed by atoms with Crippen molar-refractivity contribution < 1.29 is 9.84 Å². The summed E-state index contributed by atoms with van der Waals surface area (Å²) in [5.74, 6) is 1.45. The number of methoxy groups -OCH3 is 1. The van der Waals surface area contributed by atoms with Gasteiger partial charge in [0.15, 0.2) is 5.96 Å². The van der Waals surface area contributed by atoms with Crippen LogP contribution in [0.15, 0.2) is 29.3 Å². The second-order valence-corrected chi connectivity index (χ2v) is 4.81. The van der Waals surface area contributed by atoms with Crippen molar-refractivity contribution in [3.63, 3.8) is 0 Å². The Morgan fingerprint density at radius 3 is 2.75 bits per heavy atom. The number of nitrogens with zero attached hydrogens (tertiary/aromatic N) is 1. The molecular weight excluding hydrogens is 254 g/mol. The summed E-state index contributed by atoms with van der Waals surface area (Å²) in [5, 5.41) is 16.5. The summed E-state index contributed by atoms with van der Waals surface area (Å²) in [7, 11) is 1.61. The molecule has 0 saturated heterocycles. The first-order valence-corrected chi connectivity index (χ1v) is 6.93.